The average molecular weight is 377 g/mol. The summed E-state index contributed by atoms with van der Waals surface area (Å²) in [7, 11) is 0. The number of aromatic hydroxyl groups is 1. The van der Waals surface area contributed by atoms with E-state index in [0.717, 1.165) is 0 Å². The van der Waals surface area contributed by atoms with Crippen molar-refractivity contribution in [2.24, 2.45) is 0 Å². The van der Waals surface area contributed by atoms with Crippen LogP contribution in [0.15, 0.2) is 47.3 Å². The molecule has 2 aromatic carbocycles. The number of aromatic amines is 1. The average Bonchev–Trinajstić information content (AvgIpc) is 2.56. The van der Waals surface area contributed by atoms with E-state index in [4.69, 9.17) is 23.2 Å². The summed E-state index contributed by atoms with van der Waals surface area (Å²) in [5, 5.41) is 12.7. The summed E-state index contributed by atoms with van der Waals surface area (Å²) < 4.78 is 0. The summed E-state index contributed by atoms with van der Waals surface area (Å²) in [6.45, 7) is 0. The Labute approximate surface area is 151 Å². The highest BCUT2D eigenvalue weighted by molar-refractivity contribution is 6.50. The summed E-state index contributed by atoms with van der Waals surface area (Å²) in [6, 6.07) is 11.0. The van der Waals surface area contributed by atoms with E-state index in [1.54, 1.807) is 30.3 Å². The number of hydrogen-bond donors (Lipinski definition) is 3. The number of benzene rings is 2. The van der Waals surface area contributed by atoms with Crippen LogP contribution in [0.1, 0.15) is 10.4 Å². The maximum atomic E-state index is 12.6. The quantitative estimate of drug-likeness (QED) is 0.481. The molecule has 126 valence electrons. The molecular weight excluding hydrogens is 367 g/mol. The fraction of sp³-hybridized carbons (Fsp3) is 0. The van der Waals surface area contributed by atoms with Gasteiger partial charge >= 0.3 is 0 Å². The molecule has 8 heteroatoms. The third-order valence-corrected chi connectivity index (χ3v) is 3.99. The molecule has 0 aliphatic carbocycles. The standard InChI is InChI=1S/C17H10Cl2N2O4/c18-8-6-10(19)12-11(7-8)21-17(25)15(23)13(12)14(22)16(24)20-9-4-2-1-3-5-9/h1-7,23H,(H,20,24)(H,21,25). The zero-order valence-electron chi connectivity index (χ0n) is 12.5. The lowest BCUT2D eigenvalue weighted by Gasteiger charge is -2.10. The Balaban J connectivity index is 2.14. The van der Waals surface area contributed by atoms with Crippen LogP contribution in [0.5, 0.6) is 5.75 Å². The van der Waals surface area contributed by atoms with Crippen molar-refractivity contribution >= 4 is 51.5 Å². The fourth-order valence-corrected chi connectivity index (χ4v) is 2.97. The third kappa shape index (κ3) is 3.22. The molecule has 1 heterocycles. The van der Waals surface area contributed by atoms with Crippen molar-refractivity contribution in [3.8, 4) is 5.75 Å². The molecule has 3 N–H and O–H groups in total. The zero-order chi connectivity index (χ0) is 18.1. The number of anilines is 1. The normalized spacial score (nSPS) is 10.6. The van der Waals surface area contributed by atoms with Crippen LogP contribution < -0.4 is 10.9 Å². The summed E-state index contributed by atoms with van der Waals surface area (Å²) in [5.74, 6) is -2.99. The maximum absolute atomic E-state index is 12.6. The first-order chi connectivity index (χ1) is 11.9. The van der Waals surface area contributed by atoms with Crippen LogP contribution >= 0.6 is 23.2 Å². The van der Waals surface area contributed by atoms with Crippen molar-refractivity contribution in [1.29, 1.82) is 0 Å². The van der Waals surface area contributed by atoms with Gasteiger partial charge in [-0.1, -0.05) is 41.4 Å². The molecule has 3 aromatic rings. The summed E-state index contributed by atoms with van der Waals surface area (Å²) in [6.07, 6.45) is 0. The van der Waals surface area contributed by atoms with E-state index in [2.05, 4.69) is 10.3 Å². The second kappa shape index (κ2) is 6.58. The van der Waals surface area contributed by atoms with Crippen molar-refractivity contribution in [3.05, 3.63) is 68.4 Å². The van der Waals surface area contributed by atoms with Gasteiger partial charge in [0.1, 0.15) is 0 Å². The van der Waals surface area contributed by atoms with Gasteiger partial charge in [-0.25, -0.2) is 0 Å². The smallest absolute Gasteiger partial charge is 0.296 e. The number of aromatic nitrogens is 1. The van der Waals surface area contributed by atoms with Gasteiger partial charge in [0.05, 0.1) is 16.1 Å². The molecule has 1 amide bonds. The van der Waals surface area contributed by atoms with Gasteiger partial charge in [-0.15, -0.1) is 0 Å². The van der Waals surface area contributed by atoms with Gasteiger partial charge in [-0.2, -0.15) is 0 Å². The van der Waals surface area contributed by atoms with Crippen molar-refractivity contribution in [2.45, 2.75) is 0 Å². The zero-order valence-corrected chi connectivity index (χ0v) is 14.0. The highest BCUT2D eigenvalue weighted by Gasteiger charge is 2.26. The van der Waals surface area contributed by atoms with Crippen LogP contribution in [-0.4, -0.2) is 21.8 Å². The minimum Gasteiger partial charge on any atom is -0.502 e. The number of carbonyl (C=O) groups is 2. The topological polar surface area (TPSA) is 99.3 Å². The predicted molar refractivity (Wildman–Crippen MR) is 95.7 cm³/mol. The summed E-state index contributed by atoms with van der Waals surface area (Å²) in [5.41, 5.74) is -0.879. The molecule has 0 spiro atoms. The Bertz CT molecular complexity index is 1060. The number of fused-ring (bicyclic) bond motifs is 1. The molecule has 0 fully saturated rings. The Hall–Kier alpha value is -2.83. The highest BCUT2D eigenvalue weighted by atomic mass is 35.5. The minimum absolute atomic E-state index is 0.0184. The Morgan fingerprint density at radius 1 is 1.08 bits per heavy atom. The number of pyridine rings is 1. The number of para-hydroxylation sites is 1. The van der Waals surface area contributed by atoms with E-state index in [9.17, 15) is 19.5 Å². The number of Topliss-reactive ketones (excluding diaryl/α,β-unsaturated/α-hetero) is 1. The van der Waals surface area contributed by atoms with Gasteiger partial charge in [-0.3, -0.25) is 14.4 Å². The number of amides is 1. The molecule has 25 heavy (non-hydrogen) atoms. The van der Waals surface area contributed by atoms with Gasteiger partial charge in [0, 0.05) is 16.1 Å². The Morgan fingerprint density at radius 3 is 2.44 bits per heavy atom. The molecule has 0 radical (unpaired) electrons. The van der Waals surface area contributed by atoms with Gasteiger partial charge in [0.2, 0.25) is 0 Å². The van der Waals surface area contributed by atoms with E-state index in [0.29, 0.717) is 5.69 Å². The number of hydrogen-bond acceptors (Lipinski definition) is 4. The van der Waals surface area contributed by atoms with Crippen molar-refractivity contribution in [1.82, 2.24) is 4.98 Å². The molecule has 3 rings (SSSR count). The molecule has 0 bridgehead atoms. The number of halogens is 2. The van der Waals surface area contributed by atoms with Crippen molar-refractivity contribution in [2.75, 3.05) is 5.32 Å². The van der Waals surface area contributed by atoms with E-state index < -0.39 is 28.6 Å². The Kier molecular flexibility index (Phi) is 4.48. The van der Waals surface area contributed by atoms with E-state index in [1.807, 2.05) is 0 Å². The number of nitrogens with one attached hydrogen (secondary N) is 2. The van der Waals surface area contributed by atoms with Gasteiger partial charge in [0.25, 0.3) is 17.2 Å². The lowest BCUT2D eigenvalue weighted by molar-refractivity contribution is -0.112. The van der Waals surface area contributed by atoms with Crippen LogP contribution in [0, 0.1) is 0 Å². The molecule has 0 aliphatic rings. The largest absolute Gasteiger partial charge is 0.502 e. The molecule has 0 saturated carbocycles. The van der Waals surface area contributed by atoms with Crippen LogP contribution in [0.4, 0.5) is 5.69 Å². The van der Waals surface area contributed by atoms with Crippen LogP contribution in [0.3, 0.4) is 0 Å². The first kappa shape index (κ1) is 17.0. The van der Waals surface area contributed by atoms with Crippen LogP contribution in [-0.2, 0) is 4.79 Å². The third-order valence-electron chi connectivity index (χ3n) is 3.47. The molecule has 1 aromatic heterocycles. The number of H-pyrrole nitrogens is 1. The van der Waals surface area contributed by atoms with Gasteiger partial charge < -0.3 is 15.4 Å². The van der Waals surface area contributed by atoms with Crippen molar-refractivity contribution in [3.63, 3.8) is 0 Å². The van der Waals surface area contributed by atoms with Crippen LogP contribution in [0.25, 0.3) is 10.9 Å². The number of rotatable bonds is 3. The maximum Gasteiger partial charge on any atom is 0.296 e. The van der Waals surface area contributed by atoms with E-state index >= 15 is 0 Å². The Morgan fingerprint density at radius 2 is 1.76 bits per heavy atom. The minimum atomic E-state index is -1.10. The monoisotopic (exact) mass is 376 g/mol. The van der Waals surface area contributed by atoms with Crippen LogP contribution in [0.2, 0.25) is 10.0 Å². The highest BCUT2D eigenvalue weighted by Crippen LogP contribution is 2.32. The fourth-order valence-electron chi connectivity index (χ4n) is 2.38. The lowest BCUT2D eigenvalue weighted by Crippen LogP contribution is -2.25. The van der Waals surface area contributed by atoms with Crippen molar-refractivity contribution < 1.29 is 14.7 Å². The second-order valence-electron chi connectivity index (χ2n) is 5.14. The SMILES string of the molecule is O=C(Nc1ccccc1)C(=O)c1c(O)c(=O)[nH]c2cc(Cl)cc(Cl)c12. The molecule has 6 nitrogen and oxygen atoms in total. The van der Waals surface area contributed by atoms with Gasteiger partial charge in [-0.05, 0) is 24.3 Å². The molecule has 0 aliphatic heterocycles. The lowest BCUT2D eigenvalue weighted by atomic mass is 10.0. The molecule has 0 saturated heterocycles. The summed E-state index contributed by atoms with van der Waals surface area (Å²) >= 11 is 12.0. The van der Waals surface area contributed by atoms with E-state index in [1.165, 1.54) is 12.1 Å². The first-order valence-electron chi connectivity index (χ1n) is 7.03. The summed E-state index contributed by atoms with van der Waals surface area (Å²) in [4.78, 5) is 39.1. The molecular formula is C17H10Cl2N2O4. The number of carbonyl (C=O) groups excluding carboxylic acids is 2. The van der Waals surface area contributed by atoms with Gasteiger partial charge in [0.15, 0.2) is 5.75 Å². The number of ketones is 1. The molecule has 0 unspecified atom stereocenters. The molecule has 0 atom stereocenters. The second-order valence-corrected chi connectivity index (χ2v) is 5.98. The predicted octanol–water partition coefficient (Wildman–Crippen LogP) is 3.36. The first-order valence-corrected chi connectivity index (χ1v) is 7.79. The van der Waals surface area contributed by atoms with E-state index in [-0.39, 0.29) is 20.9 Å².